The third kappa shape index (κ3) is 2.90. The van der Waals surface area contributed by atoms with Gasteiger partial charge < -0.3 is 15.2 Å². The zero-order valence-electron chi connectivity index (χ0n) is 10.2. The molecule has 0 aliphatic heterocycles. The topological polar surface area (TPSA) is 61.5 Å². The Morgan fingerprint density at radius 3 is 2.76 bits per heavy atom. The number of nitrogen functional groups attached to an aromatic ring is 1. The van der Waals surface area contributed by atoms with Crippen molar-refractivity contribution in [1.29, 1.82) is 0 Å². The van der Waals surface area contributed by atoms with Crippen molar-refractivity contribution in [2.24, 2.45) is 0 Å². The number of anilines is 1. The van der Waals surface area contributed by atoms with Gasteiger partial charge in [0.05, 0.1) is 13.5 Å². The van der Waals surface area contributed by atoms with Crippen LogP contribution in [0.1, 0.15) is 25.3 Å². The molecule has 2 rings (SSSR count). The van der Waals surface area contributed by atoms with Gasteiger partial charge in [-0.2, -0.15) is 0 Å². The first-order chi connectivity index (χ1) is 8.02. The molecule has 0 heterocycles. The Bertz CT molecular complexity index is 438. The van der Waals surface area contributed by atoms with E-state index in [9.17, 15) is 4.79 Å². The molecule has 1 saturated carbocycles. The van der Waals surface area contributed by atoms with Gasteiger partial charge in [0.25, 0.3) is 0 Å². The molecule has 1 aliphatic carbocycles. The van der Waals surface area contributed by atoms with Crippen molar-refractivity contribution in [2.45, 2.75) is 31.8 Å². The molecular formula is C13H17NO3. The lowest BCUT2D eigenvalue weighted by atomic mass is 10.1. The maximum absolute atomic E-state index is 11.2. The molecule has 0 amide bonds. The van der Waals surface area contributed by atoms with E-state index in [1.807, 2.05) is 12.1 Å². The summed E-state index contributed by atoms with van der Waals surface area (Å²) in [6, 6.07) is 5.41. The molecule has 0 radical (unpaired) electrons. The quantitative estimate of drug-likeness (QED) is 0.639. The highest BCUT2D eigenvalue weighted by atomic mass is 16.5. The van der Waals surface area contributed by atoms with Gasteiger partial charge in [-0.25, -0.2) is 0 Å². The number of carbonyl (C=O) groups is 1. The van der Waals surface area contributed by atoms with Gasteiger partial charge >= 0.3 is 5.97 Å². The van der Waals surface area contributed by atoms with Crippen LogP contribution in [0.4, 0.5) is 5.69 Å². The van der Waals surface area contributed by atoms with Crippen molar-refractivity contribution in [3.63, 3.8) is 0 Å². The molecule has 1 aliphatic rings. The summed E-state index contributed by atoms with van der Waals surface area (Å²) < 4.78 is 10.4. The fourth-order valence-corrected chi connectivity index (χ4v) is 1.59. The summed E-state index contributed by atoms with van der Waals surface area (Å²) in [6.45, 7) is 2.07. The molecule has 4 nitrogen and oxygen atoms in total. The number of methoxy groups -OCH3 is 1. The molecule has 0 unspecified atom stereocenters. The summed E-state index contributed by atoms with van der Waals surface area (Å²) in [6.07, 6.45) is 2.32. The second kappa shape index (κ2) is 4.28. The molecule has 17 heavy (non-hydrogen) atoms. The van der Waals surface area contributed by atoms with Gasteiger partial charge in [-0.05, 0) is 43.5 Å². The molecule has 4 heteroatoms. The molecule has 2 N–H and O–H groups in total. The van der Waals surface area contributed by atoms with E-state index in [2.05, 4.69) is 11.7 Å². The zero-order valence-corrected chi connectivity index (χ0v) is 10.2. The maximum Gasteiger partial charge on any atom is 0.310 e. The van der Waals surface area contributed by atoms with E-state index in [1.165, 1.54) is 7.11 Å². The fourth-order valence-electron chi connectivity index (χ4n) is 1.59. The fraction of sp³-hybridized carbons (Fsp3) is 0.462. The van der Waals surface area contributed by atoms with Crippen LogP contribution in [0.2, 0.25) is 0 Å². The number of benzene rings is 1. The number of hydrogen-bond donors (Lipinski definition) is 1. The van der Waals surface area contributed by atoms with E-state index in [4.69, 9.17) is 10.5 Å². The Hall–Kier alpha value is -1.71. The van der Waals surface area contributed by atoms with Crippen molar-refractivity contribution in [2.75, 3.05) is 12.8 Å². The van der Waals surface area contributed by atoms with E-state index < -0.39 is 0 Å². The first-order valence-electron chi connectivity index (χ1n) is 5.67. The third-order valence-corrected chi connectivity index (χ3v) is 3.00. The van der Waals surface area contributed by atoms with Gasteiger partial charge in [0, 0.05) is 5.69 Å². The smallest absolute Gasteiger partial charge is 0.310 e. The van der Waals surface area contributed by atoms with Crippen LogP contribution in [0.25, 0.3) is 0 Å². The molecule has 0 aromatic heterocycles. The minimum absolute atomic E-state index is 0.0291. The largest absolute Gasteiger partial charge is 0.488 e. The Morgan fingerprint density at radius 1 is 1.47 bits per heavy atom. The summed E-state index contributed by atoms with van der Waals surface area (Å²) in [5, 5.41) is 0. The van der Waals surface area contributed by atoms with Crippen LogP contribution in [0.5, 0.6) is 5.75 Å². The molecule has 0 bridgehead atoms. The molecule has 0 saturated heterocycles. The lowest BCUT2D eigenvalue weighted by Crippen LogP contribution is -2.13. The molecule has 92 valence electrons. The Morgan fingerprint density at radius 2 is 2.18 bits per heavy atom. The number of ether oxygens (including phenoxy) is 2. The highest BCUT2D eigenvalue weighted by Crippen LogP contribution is 2.40. The van der Waals surface area contributed by atoms with Gasteiger partial charge in [0.15, 0.2) is 0 Å². The van der Waals surface area contributed by atoms with Gasteiger partial charge in [-0.1, -0.05) is 0 Å². The molecular weight excluding hydrogens is 218 g/mol. The van der Waals surface area contributed by atoms with Gasteiger partial charge in [-0.3, -0.25) is 4.79 Å². The summed E-state index contributed by atoms with van der Waals surface area (Å²) in [5.74, 6) is 0.463. The van der Waals surface area contributed by atoms with Crippen LogP contribution in [0.15, 0.2) is 18.2 Å². The van der Waals surface area contributed by atoms with Crippen LogP contribution < -0.4 is 10.5 Å². The summed E-state index contributed by atoms with van der Waals surface area (Å²) >= 11 is 0. The number of esters is 1. The van der Waals surface area contributed by atoms with Crippen LogP contribution in [-0.4, -0.2) is 18.7 Å². The number of nitrogens with two attached hydrogens (primary N) is 1. The highest BCUT2D eigenvalue weighted by Gasteiger charge is 2.40. The number of carbonyl (C=O) groups excluding carboxylic acids is 1. The Kier molecular flexibility index (Phi) is 2.96. The van der Waals surface area contributed by atoms with Crippen LogP contribution in [0, 0.1) is 0 Å². The summed E-state index contributed by atoms with van der Waals surface area (Å²) in [4.78, 5) is 11.2. The SMILES string of the molecule is COC(=O)Cc1cc(OC2(C)CC2)ccc1N. The van der Waals surface area contributed by atoms with Gasteiger partial charge in [-0.15, -0.1) is 0 Å². The van der Waals surface area contributed by atoms with Crippen molar-refractivity contribution >= 4 is 11.7 Å². The highest BCUT2D eigenvalue weighted by molar-refractivity contribution is 5.75. The van der Waals surface area contributed by atoms with Crippen molar-refractivity contribution in [3.8, 4) is 5.75 Å². The standard InChI is InChI=1S/C13H17NO3/c1-13(5-6-13)17-10-3-4-11(14)9(7-10)8-12(15)16-2/h3-4,7H,5-6,8,14H2,1-2H3. The lowest BCUT2D eigenvalue weighted by molar-refractivity contribution is -0.139. The predicted molar refractivity (Wildman–Crippen MR) is 64.8 cm³/mol. The first kappa shape index (κ1) is 11.8. The summed E-state index contributed by atoms with van der Waals surface area (Å²) in [5.41, 5.74) is 7.11. The average molecular weight is 235 g/mol. The lowest BCUT2D eigenvalue weighted by Gasteiger charge is -2.14. The predicted octanol–water partition coefficient (Wildman–Crippen LogP) is 1.92. The third-order valence-electron chi connectivity index (χ3n) is 3.00. The van der Waals surface area contributed by atoms with E-state index in [0.29, 0.717) is 5.69 Å². The van der Waals surface area contributed by atoms with E-state index in [-0.39, 0.29) is 18.0 Å². The van der Waals surface area contributed by atoms with Crippen LogP contribution >= 0.6 is 0 Å². The van der Waals surface area contributed by atoms with E-state index in [0.717, 1.165) is 24.2 Å². The number of hydrogen-bond acceptors (Lipinski definition) is 4. The minimum Gasteiger partial charge on any atom is -0.488 e. The van der Waals surface area contributed by atoms with Gasteiger partial charge in [0.2, 0.25) is 0 Å². The summed E-state index contributed by atoms with van der Waals surface area (Å²) in [7, 11) is 1.37. The van der Waals surface area contributed by atoms with Crippen LogP contribution in [-0.2, 0) is 16.0 Å². The van der Waals surface area contributed by atoms with Crippen molar-refractivity contribution < 1.29 is 14.3 Å². The first-order valence-corrected chi connectivity index (χ1v) is 5.67. The van der Waals surface area contributed by atoms with Crippen LogP contribution in [0.3, 0.4) is 0 Å². The second-order valence-electron chi connectivity index (χ2n) is 4.67. The van der Waals surface area contributed by atoms with Gasteiger partial charge in [0.1, 0.15) is 11.4 Å². The number of rotatable bonds is 4. The van der Waals surface area contributed by atoms with Crippen molar-refractivity contribution in [3.05, 3.63) is 23.8 Å². The maximum atomic E-state index is 11.2. The molecule has 1 aromatic rings. The molecule has 1 aromatic carbocycles. The Balaban J connectivity index is 2.14. The van der Waals surface area contributed by atoms with E-state index >= 15 is 0 Å². The molecule has 1 fully saturated rings. The monoisotopic (exact) mass is 235 g/mol. The minimum atomic E-state index is -0.300. The Labute approximate surface area is 101 Å². The van der Waals surface area contributed by atoms with Crippen molar-refractivity contribution in [1.82, 2.24) is 0 Å². The average Bonchev–Trinajstić information content (AvgIpc) is 3.01. The molecule has 0 atom stereocenters. The molecule has 0 spiro atoms. The zero-order chi connectivity index (χ0) is 12.5. The second-order valence-corrected chi connectivity index (χ2v) is 4.67. The normalized spacial score (nSPS) is 16.4. The van der Waals surface area contributed by atoms with E-state index in [1.54, 1.807) is 6.07 Å².